The van der Waals surface area contributed by atoms with E-state index in [0.29, 0.717) is 5.56 Å². The van der Waals surface area contributed by atoms with Gasteiger partial charge in [-0.2, -0.15) is 0 Å². The lowest BCUT2D eigenvalue weighted by Gasteiger charge is -2.20. The molecule has 0 unspecified atom stereocenters. The smallest absolute Gasteiger partial charge is 0.323 e. The average molecular weight is 259 g/mol. The highest BCUT2D eigenvalue weighted by Gasteiger charge is 2.34. The second-order valence-electron chi connectivity index (χ2n) is 5.40. The molecule has 0 radical (unpaired) electrons. The zero-order valence-electron chi connectivity index (χ0n) is 10.8. The Balaban J connectivity index is 1.83. The third-order valence-corrected chi connectivity index (χ3v) is 3.90. The van der Waals surface area contributed by atoms with Crippen molar-refractivity contribution in [3.05, 3.63) is 34.9 Å². The van der Waals surface area contributed by atoms with E-state index < -0.39 is 5.97 Å². The maximum Gasteiger partial charge on any atom is 0.323 e. The van der Waals surface area contributed by atoms with Gasteiger partial charge in [-0.15, -0.1) is 0 Å². The molecule has 1 amide bonds. The Morgan fingerprint density at radius 1 is 1.21 bits per heavy atom. The largest absolute Gasteiger partial charge is 0.480 e. The van der Waals surface area contributed by atoms with Crippen LogP contribution in [-0.4, -0.2) is 34.5 Å². The van der Waals surface area contributed by atoms with Crippen molar-refractivity contribution >= 4 is 11.9 Å². The first kappa shape index (κ1) is 12.2. The van der Waals surface area contributed by atoms with Crippen molar-refractivity contribution in [1.29, 1.82) is 0 Å². The highest BCUT2D eigenvalue weighted by molar-refractivity contribution is 5.96. The van der Waals surface area contributed by atoms with Gasteiger partial charge >= 0.3 is 5.97 Å². The molecule has 2 aliphatic rings. The lowest BCUT2D eigenvalue weighted by Crippen LogP contribution is -2.37. The summed E-state index contributed by atoms with van der Waals surface area (Å²) >= 11 is 0. The number of hydrogen-bond donors (Lipinski definition) is 1. The molecule has 4 heteroatoms. The summed E-state index contributed by atoms with van der Waals surface area (Å²) in [7, 11) is 0. The Labute approximate surface area is 112 Å². The van der Waals surface area contributed by atoms with E-state index in [0.717, 1.165) is 32.1 Å². The van der Waals surface area contributed by atoms with Crippen molar-refractivity contribution in [2.75, 3.05) is 6.54 Å². The van der Waals surface area contributed by atoms with E-state index >= 15 is 0 Å². The fourth-order valence-corrected chi connectivity index (χ4v) is 2.77. The Kier molecular flexibility index (Phi) is 3.01. The topological polar surface area (TPSA) is 57.6 Å². The number of fused-ring (bicyclic) bond motifs is 1. The zero-order chi connectivity index (χ0) is 13.4. The quantitative estimate of drug-likeness (QED) is 0.898. The van der Waals surface area contributed by atoms with Crippen LogP contribution in [0.3, 0.4) is 0 Å². The van der Waals surface area contributed by atoms with Crippen molar-refractivity contribution in [1.82, 2.24) is 4.90 Å². The van der Waals surface area contributed by atoms with Gasteiger partial charge in [0.1, 0.15) is 6.54 Å². The van der Waals surface area contributed by atoms with Gasteiger partial charge in [-0.1, -0.05) is 6.07 Å². The molecule has 4 nitrogen and oxygen atoms in total. The molecule has 1 fully saturated rings. The van der Waals surface area contributed by atoms with Crippen LogP contribution < -0.4 is 0 Å². The molecule has 3 rings (SSSR count). The summed E-state index contributed by atoms with van der Waals surface area (Å²) in [5, 5.41) is 8.92. The third-order valence-electron chi connectivity index (χ3n) is 3.90. The van der Waals surface area contributed by atoms with Crippen LogP contribution in [0.15, 0.2) is 18.2 Å². The molecule has 1 aromatic carbocycles. The van der Waals surface area contributed by atoms with Gasteiger partial charge in [0.05, 0.1) is 0 Å². The number of benzene rings is 1. The number of carboxylic acids is 1. The van der Waals surface area contributed by atoms with E-state index in [1.165, 1.54) is 16.0 Å². The Hall–Kier alpha value is -1.84. The average Bonchev–Trinajstić information content (AvgIpc) is 3.12. The van der Waals surface area contributed by atoms with E-state index in [1.807, 2.05) is 18.2 Å². The number of carbonyl (C=O) groups is 2. The van der Waals surface area contributed by atoms with Crippen molar-refractivity contribution < 1.29 is 14.7 Å². The number of amides is 1. The highest BCUT2D eigenvalue weighted by atomic mass is 16.4. The monoisotopic (exact) mass is 259 g/mol. The lowest BCUT2D eigenvalue weighted by atomic mass is 10.1. The van der Waals surface area contributed by atoms with Gasteiger partial charge < -0.3 is 10.0 Å². The van der Waals surface area contributed by atoms with Crippen LogP contribution in [0.4, 0.5) is 0 Å². The molecule has 19 heavy (non-hydrogen) atoms. The maximum absolute atomic E-state index is 12.4. The molecular weight excluding hydrogens is 242 g/mol. The van der Waals surface area contributed by atoms with Crippen LogP contribution in [0, 0.1) is 0 Å². The fourth-order valence-electron chi connectivity index (χ4n) is 2.77. The minimum absolute atomic E-state index is 0.122. The van der Waals surface area contributed by atoms with E-state index in [-0.39, 0.29) is 18.5 Å². The summed E-state index contributed by atoms with van der Waals surface area (Å²) in [6.45, 7) is -0.194. The van der Waals surface area contributed by atoms with E-state index in [1.54, 1.807) is 0 Å². The lowest BCUT2D eigenvalue weighted by molar-refractivity contribution is -0.137. The summed E-state index contributed by atoms with van der Waals surface area (Å²) in [5.74, 6) is -1.08. The number of hydrogen-bond acceptors (Lipinski definition) is 2. The van der Waals surface area contributed by atoms with Gasteiger partial charge in [-0.05, 0) is 55.4 Å². The Morgan fingerprint density at radius 3 is 2.63 bits per heavy atom. The second kappa shape index (κ2) is 4.68. The summed E-state index contributed by atoms with van der Waals surface area (Å²) in [4.78, 5) is 24.8. The molecule has 0 spiro atoms. The zero-order valence-corrected chi connectivity index (χ0v) is 10.8. The molecule has 1 N–H and O–H groups in total. The van der Waals surface area contributed by atoms with Crippen molar-refractivity contribution in [3.63, 3.8) is 0 Å². The first-order chi connectivity index (χ1) is 9.15. The van der Waals surface area contributed by atoms with Crippen LogP contribution in [-0.2, 0) is 17.6 Å². The van der Waals surface area contributed by atoms with Gasteiger partial charge in [0.15, 0.2) is 0 Å². The van der Waals surface area contributed by atoms with Gasteiger partial charge in [0.2, 0.25) is 0 Å². The summed E-state index contributed by atoms with van der Waals surface area (Å²) in [6.07, 6.45) is 5.10. The first-order valence-electron chi connectivity index (χ1n) is 6.80. The normalized spacial score (nSPS) is 17.1. The van der Waals surface area contributed by atoms with E-state index in [9.17, 15) is 9.59 Å². The highest BCUT2D eigenvalue weighted by Crippen LogP contribution is 2.29. The predicted octanol–water partition coefficient (Wildman–Crippen LogP) is 1.86. The minimum atomic E-state index is -0.943. The summed E-state index contributed by atoms with van der Waals surface area (Å²) in [5.41, 5.74) is 3.21. The molecule has 0 atom stereocenters. The number of aliphatic carboxylic acids is 1. The van der Waals surface area contributed by atoms with E-state index in [2.05, 4.69) is 0 Å². The number of nitrogens with zero attached hydrogens (tertiary/aromatic N) is 1. The summed E-state index contributed by atoms with van der Waals surface area (Å²) in [6, 6.07) is 5.92. The van der Waals surface area contributed by atoms with Crippen molar-refractivity contribution in [3.8, 4) is 0 Å². The number of carboxylic acid groups (broad SMARTS) is 1. The van der Waals surface area contributed by atoms with Crippen LogP contribution in [0.25, 0.3) is 0 Å². The molecule has 0 bridgehead atoms. The van der Waals surface area contributed by atoms with Crippen LogP contribution in [0.5, 0.6) is 0 Å². The molecule has 2 aliphatic carbocycles. The van der Waals surface area contributed by atoms with Gasteiger partial charge in [-0.3, -0.25) is 9.59 Å². The summed E-state index contributed by atoms with van der Waals surface area (Å²) < 4.78 is 0. The SMILES string of the molecule is O=C(O)CN(C(=O)c1ccc2c(c1)CCC2)C1CC1. The number of carbonyl (C=O) groups excluding carboxylic acids is 1. The molecular formula is C15H17NO3. The van der Waals surface area contributed by atoms with Crippen molar-refractivity contribution in [2.24, 2.45) is 0 Å². The van der Waals surface area contributed by atoms with Gasteiger partial charge in [0.25, 0.3) is 5.91 Å². The number of rotatable bonds is 4. The Bertz CT molecular complexity index is 534. The predicted molar refractivity (Wildman–Crippen MR) is 70.2 cm³/mol. The van der Waals surface area contributed by atoms with Crippen LogP contribution in [0.2, 0.25) is 0 Å². The molecule has 0 heterocycles. The maximum atomic E-state index is 12.4. The molecule has 1 aromatic rings. The van der Waals surface area contributed by atoms with Gasteiger partial charge in [-0.25, -0.2) is 0 Å². The van der Waals surface area contributed by atoms with Gasteiger partial charge in [0, 0.05) is 11.6 Å². The molecule has 0 aromatic heterocycles. The standard InChI is InChI=1S/C15H17NO3/c17-14(18)9-16(13-6-7-13)15(19)12-5-4-10-2-1-3-11(10)8-12/h4-5,8,13H,1-3,6-7,9H2,(H,17,18). The van der Waals surface area contributed by atoms with Crippen LogP contribution in [0.1, 0.15) is 40.7 Å². The molecule has 100 valence electrons. The minimum Gasteiger partial charge on any atom is -0.480 e. The fraction of sp³-hybridized carbons (Fsp3) is 0.467. The second-order valence-corrected chi connectivity index (χ2v) is 5.40. The number of aryl methyl sites for hydroxylation is 2. The van der Waals surface area contributed by atoms with Crippen LogP contribution >= 0.6 is 0 Å². The van der Waals surface area contributed by atoms with E-state index in [4.69, 9.17) is 5.11 Å². The Morgan fingerprint density at radius 2 is 1.95 bits per heavy atom. The molecule has 0 saturated heterocycles. The van der Waals surface area contributed by atoms with Crippen molar-refractivity contribution in [2.45, 2.75) is 38.1 Å². The molecule has 1 saturated carbocycles. The first-order valence-corrected chi connectivity index (χ1v) is 6.80. The third kappa shape index (κ3) is 2.48. The molecule has 0 aliphatic heterocycles.